The maximum absolute atomic E-state index is 12.1. The summed E-state index contributed by atoms with van der Waals surface area (Å²) in [5.74, 6) is 0.454. The summed E-state index contributed by atoms with van der Waals surface area (Å²) in [5.41, 5.74) is 3.03. The fraction of sp³-hybridized carbons (Fsp3) is 0.250. The number of methoxy groups -OCH3 is 1. The zero-order valence-corrected chi connectivity index (χ0v) is 14.1. The first-order valence-corrected chi connectivity index (χ1v) is 7.48. The highest BCUT2D eigenvalue weighted by atomic mass is 16.6. The second-order valence-electron chi connectivity index (χ2n) is 6.28. The van der Waals surface area contributed by atoms with Gasteiger partial charge in [-0.2, -0.15) is 0 Å². The maximum Gasteiger partial charge on any atom is 0.338 e. The second kappa shape index (κ2) is 6.69. The lowest BCUT2D eigenvalue weighted by Gasteiger charge is -2.19. The van der Waals surface area contributed by atoms with Gasteiger partial charge in [0.25, 0.3) is 0 Å². The lowest BCUT2D eigenvalue weighted by Crippen LogP contribution is -2.23. The number of hydrogen-bond acceptors (Lipinski definition) is 3. The van der Waals surface area contributed by atoms with E-state index in [0.29, 0.717) is 5.56 Å². The highest BCUT2D eigenvalue weighted by molar-refractivity contribution is 5.90. The van der Waals surface area contributed by atoms with E-state index in [1.807, 2.05) is 51.1 Å². The lowest BCUT2D eigenvalue weighted by molar-refractivity contribution is 0.00696. The summed E-state index contributed by atoms with van der Waals surface area (Å²) in [7, 11) is 1.64. The first kappa shape index (κ1) is 16.8. The summed E-state index contributed by atoms with van der Waals surface area (Å²) in [6.07, 6.45) is 1.78. The summed E-state index contributed by atoms with van der Waals surface area (Å²) in [6, 6.07) is 13.3. The van der Waals surface area contributed by atoms with Crippen LogP contribution in [0.5, 0.6) is 5.75 Å². The largest absolute Gasteiger partial charge is 0.497 e. The number of rotatable bonds is 4. The van der Waals surface area contributed by atoms with Crippen LogP contribution < -0.4 is 4.74 Å². The van der Waals surface area contributed by atoms with Crippen LogP contribution in [-0.4, -0.2) is 18.7 Å². The molecule has 0 heterocycles. The molecule has 0 atom stereocenters. The van der Waals surface area contributed by atoms with E-state index in [4.69, 9.17) is 9.47 Å². The number of hydrogen-bond donors (Lipinski definition) is 0. The molecule has 2 aromatic carbocycles. The molecule has 0 aromatic heterocycles. The fourth-order valence-corrected chi connectivity index (χ4v) is 2.16. The van der Waals surface area contributed by atoms with E-state index < -0.39 is 5.60 Å². The molecule has 0 bridgehead atoms. The molecule has 0 saturated carbocycles. The predicted molar refractivity (Wildman–Crippen MR) is 93.7 cm³/mol. The molecule has 0 N–H and O–H groups in total. The van der Waals surface area contributed by atoms with Crippen molar-refractivity contribution in [1.82, 2.24) is 0 Å². The zero-order valence-electron chi connectivity index (χ0n) is 14.1. The third kappa shape index (κ3) is 4.46. The molecule has 0 aliphatic carbocycles. The van der Waals surface area contributed by atoms with Crippen molar-refractivity contribution in [3.05, 3.63) is 60.2 Å². The van der Waals surface area contributed by atoms with Crippen molar-refractivity contribution in [1.29, 1.82) is 0 Å². The summed E-state index contributed by atoms with van der Waals surface area (Å²) in [5, 5.41) is 0. The second-order valence-corrected chi connectivity index (χ2v) is 6.28. The highest BCUT2D eigenvalue weighted by Gasteiger charge is 2.17. The molecule has 120 valence electrons. The van der Waals surface area contributed by atoms with Crippen LogP contribution in [0.3, 0.4) is 0 Å². The van der Waals surface area contributed by atoms with Crippen molar-refractivity contribution < 1.29 is 14.3 Å². The topological polar surface area (TPSA) is 35.5 Å². The number of benzene rings is 2. The molecule has 0 spiro atoms. The van der Waals surface area contributed by atoms with Crippen molar-refractivity contribution in [2.45, 2.75) is 26.4 Å². The van der Waals surface area contributed by atoms with Crippen molar-refractivity contribution in [2.24, 2.45) is 0 Å². The fourth-order valence-electron chi connectivity index (χ4n) is 2.16. The van der Waals surface area contributed by atoms with E-state index >= 15 is 0 Å². The van der Waals surface area contributed by atoms with Gasteiger partial charge in [0.05, 0.1) is 12.7 Å². The lowest BCUT2D eigenvalue weighted by atomic mass is 10.0. The van der Waals surface area contributed by atoms with Gasteiger partial charge in [-0.25, -0.2) is 4.79 Å². The van der Waals surface area contributed by atoms with Gasteiger partial charge in [0.2, 0.25) is 0 Å². The van der Waals surface area contributed by atoms with Gasteiger partial charge in [-0.1, -0.05) is 24.8 Å². The van der Waals surface area contributed by atoms with Crippen LogP contribution in [0.1, 0.15) is 36.7 Å². The summed E-state index contributed by atoms with van der Waals surface area (Å²) in [4.78, 5) is 12.1. The minimum absolute atomic E-state index is 0.318. The van der Waals surface area contributed by atoms with Crippen LogP contribution in [0, 0.1) is 0 Å². The van der Waals surface area contributed by atoms with Crippen LogP contribution in [0.25, 0.3) is 17.2 Å². The third-order valence-corrected chi connectivity index (χ3v) is 3.25. The van der Waals surface area contributed by atoms with Gasteiger partial charge in [-0.15, -0.1) is 0 Å². The highest BCUT2D eigenvalue weighted by Crippen LogP contribution is 2.27. The Kier molecular flexibility index (Phi) is 4.89. The maximum atomic E-state index is 12.1. The quantitative estimate of drug-likeness (QED) is 0.749. The van der Waals surface area contributed by atoms with Gasteiger partial charge >= 0.3 is 5.97 Å². The van der Waals surface area contributed by atoms with Crippen LogP contribution in [-0.2, 0) is 4.74 Å². The van der Waals surface area contributed by atoms with Gasteiger partial charge < -0.3 is 9.47 Å². The minimum atomic E-state index is -0.499. The molecule has 0 fully saturated rings. The minimum Gasteiger partial charge on any atom is -0.497 e. The average molecular weight is 310 g/mol. The Balaban J connectivity index is 2.29. The standard InChI is InChI=1S/C20H22O3/c1-6-14-11-17(13-18(12-14)22-5)15-7-9-16(10-8-15)19(21)23-20(2,3)4/h6-13H,1H2,2-5H3. The molecule has 23 heavy (non-hydrogen) atoms. The van der Waals surface area contributed by atoms with E-state index in [1.165, 1.54) is 0 Å². The number of esters is 1. The SMILES string of the molecule is C=Cc1cc(OC)cc(-c2ccc(C(=O)OC(C)(C)C)cc2)c1. The van der Waals surface area contributed by atoms with Gasteiger partial charge in [-0.05, 0) is 67.8 Å². The molecule has 0 unspecified atom stereocenters. The molecule has 0 aliphatic rings. The Morgan fingerprint density at radius 3 is 2.22 bits per heavy atom. The molecular weight excluding hydrogens is 288 g/mol. The molecule has 2 rings (SSSR count). The zero-order chi connectivity index (χ0) is 17.0. The number of carbonyl (C=O) groups is 1. The normalized spacial score (nSPS) is 11.0. The average Bonchev–Trinajstić information content (AvgIpc) is 2.52. The van der Waals surface area contributed by atoms with Crippen molar-refractivity contribution in [3.8, 4) is 16.9 Å². The Hall–Kier alpha value is -2.55. The molecule has 3 nitrogen and oxygen atoms in total. The summed E-state index contributed by atoms with van der Waals surface area (Å²) >= 11 is 0. The van der Waals surface area contributed by atoms with Gasteiger partial charge in [0, 0.05) is 0 Å². The number of carbonyl (C=O) groups excluding carboxylic acids is 1. The van der Waals surface area contributed by atoms with E-state index in [0.717, 1.165) is 22.4 Å². The molecular formula is C20H22O3. The molecule has 0 aliphatic heterocycles. The Morgan fingerprint density at radius 1 is 1.04 bits per heavy atom. The van der Waals surface area contributed by atoms with Crippen molar-refractivity contribution in [3.63, 3.8) is 0 Å². The van der Waals surface area contributed by atoms with Crippen LogP contribution in [0.2, 0.25) is 0 Å². The Bertz CT molecular complexity index is 707. The first-order chi connectivity index (χ1) is 10.8. The first-order valence-electron chi connectivity index (χ1n) is 7.48. The molecule has 0 radical (unpaired) electrons. The van der Waals surface area contributed by atoms with E-state index in [9.17, 15) is 4.79 Å². The molecule has 0 saturated heterocycles. The predicted octanol–water partition coefficient (Wildman–Crippen LogP) is 4.96. The molecule has 0 amide bonds. The van der Waals surface area contributed by atoms with Gasteiger partial charge in [0.1, 0.15) is 11.4 Å². The van der Waals surface area contributed by atoms with Gasteiger partial charge in [0.15, 0.2) is 0 Å². The van der Waals surface area contributed by atoms with Crippen molar-refractivity contribution >= 4 is 12.0 Å². The van der Waals surface area contributed by atoms with Gasteiger partial charge in [-0.3, -0.25) is 0 Å². The van der Waals surface area contributed by atoms with E-state index in [1.54, 1.807) is 25.3 Å². The molecule has 2 aromatic rings. The van der Waals surface area contributed by atoms with Crippen LogP contribution >= 0.6 is 0 Å². The van der Waals surface area contributed by atoms with Crippen molar-refractivity contribution in [2.75, 3.05) is 7.11 Å². The Labute approximate surface area is 137 Å². The van der Waals surface area contributed by atoms with E-state index in [2.05, 4.69) is 6.58 Å². The monoisotopic (exact) mass is 310 g/mol. The third-order valence-electron chi connectivity index (χ3n) is 3.25. The van der Waals surface area contributed by atoms with E-state index in [-0.39, 0.29) is 5.97 Å². The smallest absolute Gasteiger partial charge is 0.338 e. The summed E-state index contributed by atoms with van der Waals surface area (Å²) in [6.45, 7) is 9.36. The van der Waals surface area contributed by atoms with Crippen LogP contribution in [0.15, 0.2) is 49.0 Å². The van der Waals surface area contributed by atoms with Crippen LogP contribution in [0.4, 0.5) is 0 Å². The molecule has 3 heteroatoms. The number of ether oxygens (including phenoxy) is 2. The summed E-state index contributed by atoms with van der Waals surface area (Å²) < 4.78 is 10.7. The Morgan fingerprint density at radius 2 is 1.70 bits per heavy atom.